The normalized spacial score (nSPS) is 11.3. The Labute approximate surface area is 142 Å². The molecule has 0 aliphatic rings. The number of amides is 1. The number of fused-ring (bicyclic) bond motifs is 1. The zero-order valence-corrected chi connectivity index (χ0v) is 13.9. The summed E-state index contributed by atoms with van der Waals surface area (Å²) in [7, 11) is 0. The van der Waals surface area contributed by atoms with Crippen LogP contribution in [0.3, 0.4) is 0 Å². The molecule has 0 saturated carbocycles. The number of hydrogen-bond donors (Lipinski definition) is 1. The number of aromatic nitrogens is 1. The van der Waals surface area contributed by atoms with Crippen LogP contribution in [0.5, 0.6) is 5.75 Å². The molecular formula is C14H13Cl3N2O3. The highest BCUT2D eigenvalue weighted by atomic mass is 35.6. The first-order chi connectivity index (χ1) is 10.4. The largest absolute Gasteiger partial charge is 0.493 e. The number of nitrogens with one attached hydrogen (secondary N) is 1. The molecule has 2 aromatic rings. The first-order valence-corrected chi connectivity index (χ1v) is 7.55. The molecule has 0 bridgehead atoms. The van der Waals surface area contributed by atoms with Gasteiger partial charge in [-0.3, -0.25) is 5.32 Å². The number of alkyl halides is 3. The molecule has 0 aliphatic carbocycles. The number of hydrogen-bond acceptors (Lipinski definition) is 4. The van der Waals surface area contributed by atoms with Gasteiger partial charge in [0.05, 0.1) is 12.1 Å². The summed E-state index contributed by atoms with van der Waals surface area (Å²) in [5.74, 6) is 0.904. The predicted octanol–water partition coefficient (Wildman–Crippen LogP) is 4.55. The number of halogens is 3. The van der Waals surface area contributed by atoms with Crippen molar-refractivity contribution in [3.8, 4) is 5.75 Å². The van der Waals surface area contributed by atoms with Crippen molar-refractivity contribution in [3.63, 3.8) is 0 Å². The molecule has 0 aliphatic heterocycles. The van der Waals surface area contributed by atoms with Gasteiger partial charge in [-0.2, -0.15) is 0 Å². The third-order valence-electron chi connectivity index (χ3n) is 2.58. The molecule has 1 amide bonds. The zero-order valence-electron chi connectivity index (χ0n) is 11.6. The highest BCUT2D eigenvalue weighted by molar-refractivity contribution is 6.67. The molecule has 8 heteroatoms. The number of rotatable bonds is 4. The van der Waals surface area contributed by atoms with E-state index in [4.69, 9.17) is 44.3 Å². The van der Waals surface area contributed by atoms with Crippen LogP contribution in [-0.4, -0.2) is 28.1 Å². The lowest BCUT2D eigenvalue weighted by Gasteiger charge is -2.13. The maximum atomic E-state index is 11.7. The van der Waals surface area contributed by atoms with E-state index in [0.29, 0.717) is 17.9 Å². The van der Waals surface area contributed by atoms with E-state index in [1.54, 1.807) is 6.07 Å². The molecule has 0 unspecified atom stereocenters. The lowest BCUT2D eigenvalue weighted by molar-refractivity contribution is 0.164. The smallest absolute Gasteiger partial charge is 0.412 e. The number of carbonyl (C=O) groups excluding carboxylic acids is 1. The summed E-state index contributed by atoms with van der Waals surface area (Å²) >= 11 is 16.5. The van der Waals surface area contributed by atoms with E-state index in [1.807, 2.05) is 31.2 Å². The second-order valence-corrected chi connectivity index (χ2v) is 6.79. The van der Waals surface area contributed by atoms with E-state index >= 15 is 0 Å². The minimum Gasteiger partial charge on any atom is -0.493 e. The average Bonchev–Trinajstić information content (AvgIpc) is 2.45. The third kappa shape index (κ3) is 4.80. The van der Waals surface area contributed by atoms with E-state index in [-0.39, 0.29) is 12.4 Å². The van der Waals surface area contributed by atoms with Crippen LogP contribution >= 0.6 is 34.8 Å². The molecule has 1 heterocycles. The van der Waals surface area contributed by atoms with Gasteiger partial charge >= 0.3 is 6.09 Å². The summed E-state index contributed by atoms with van der Waals surface area (Å²) in [6, 6.07) is 9.04. The summed E-state index contributed by atoms with van der Waals surface area (Å²) in [4.78, 5) is 16.0. The van der Waals surface area contributed by atoms with Crippen molar-refractivity contribution in [1.82, 2.24) is 4.98 Å². The quantitative estimate of drug-likeness (QED) is 0.809. The molecule has 1 aromatic carbocycles. The van der Waals surface area contributed by atoms with Crippen molar-refractivity contribution in [1.29, 1.82) is 0 Å². The monoisotopic (exact) mass is 362 g/mol. The Morgan fingerprint density at radius 1 is 1.32 bits per heavy atom. The summed E-state index contributed by atoms with van der Waals surface area (Å²) in [6.45, 7) is 2.00. The molecule has 2 rings (SSSR count). The third-order valence-corrected chi connectivity index (χ3v) is 2.90. The van der Waals surface area contributed by atoms with Gasteiger partial charge in [0.1, 0.15) is 18.2 Å². The summed E-state index contributed by atoms with van der Waals surface area (Å²) in [5, 5.41) is 3.33. The molecule has 22 heavy (non-hydrogen) atoms. The minimum atomic E-state index is -1.66. The molecule has 0 saturated heterocycles. The van der Waals surface area contributed by atoms with Gasteiger partial charge in [0.25, 0.3) is 0 Å². The Balaban J connectivity index is 2.19. The Kier molecular flexibility index (Phi) is 5.56. The molecule has 118 valence electrons. The lowest BCUT2D eigenvalue weighted by Crippen LogP contribution is -2.21. The Bertz CT molecular complexity index is 674. The van der Waals surface area contributed by atoms with Crippen molar-refractivity contribution >= 4 is 57.6 Å². The predicted molar refractivity (Wildman–Crippen MR) is 88.2 cm³/mol. The SMILES string of the molecule is CCOc1cc(NC(=O)OCC(Cl)(Cl)Cl)nc2ccccc12. The van der Waals surface area contributed by atoms with Crippen molar-refractivity contribution in [2.24, 2.45) is 0 Å². The van der Waals surface area contributed by atoms with Crippen LogP contribution in [0.1, 0.15) is 6.92 Å². The number of pyridine rings is 1. The first kappa shape index (κ1) is 16.9. The number of benzene rings is 1. The molecule has 0 atom stereocenters. The van der Waals surface area contributed by atoms with Crippen molar-refractivity contribution in [3.05, 3.63) is 30.3 Å². The van der Waals surface area contributed by atoms with Crippen LogP contribution in [-0.2, 0) is 4.74 Å². The van der Waals surface area contributed by atoms with Gasteiger partial charge in [0, 0.05) is 11.5 Å². The van der Waals surface area contributed by atoms with Crippen LogP contribution in [0.15, 0.2) is 30.3 Å². The van der Waals surface area contributed by atoms with Crippen LogP contribution in [0.4, 0.5) is 10.6 Å². The van der Waals surface area contributed by atoms with Crippen LogP contribution in [0.2, 0.25) is 0 Å². The van der Waals surface area contributed by atoms with Crippen LogP contribution in [0, 0.1) is 0 Å². The van der Waals surface area contributed by atoms with Gasteiger partial charge in [-0.1, -0.05) is 46.9 Å². The van der Waals surface area contributed by atoms with Crippen LogP contribution < -0.4 is 10.1 Å². The average molecular weight is 364 g/mol. The standard InChI is InChI=1S/C14H13Cl3N2O3/c1-2-21-11-7-12(18-10-6-4-3-5-9(10)11)19-13(20)22-8-14(15,16)17/h3-7H,2,8H2,1H3,(H,18,19,20). The summed E-state index contributed by atoms with van der Waals surface area (Å²) in [5.41, 5.74) is 0.685. The maximum absolute atomic E-state index is 11.7. The van der Waals surface area contributed by atoms with Crippen molar-refractivity contribution in [2.75, 3.05) is 18.5 Å². The number of ether oxygens (including phenoxy) is 2. The highest BCUT2D eigenvalue weighted by Gasteiger charge is 2.22. The first-order valence-electron chi connectivity index (χ1n) is 6.42. The van der Waals surface area contributed by atoms with Crippen molar-refractivity contribution in [2.45, 2.75) is 10.7 Å². The van der Waals surface area contributed by atoms with Gasteiger partial charge in [-0.15, -0.1) is 0 Å². The molecular weight excluding hydrogens is 351 g/mol. The fourth-order valence-electron chi connectivity index (χ4n) is 1.77. The van der Waals surface area contributed by atoms with E-state index in [2.05, 4.69) is 10.3 Å². The van der Waals surface area contributed by atoms with E-state index in [1.165, 1.54) is 0 Å². The fraction of sp³-hybridized carbons (Fsp3) is 0.286. The molecule has 0 fully saturated rings. The zero-order chi connectivity index (χ0) is 16.2. The molecule has 5 nitrogen and oxygen atoms in total. The summed E-state index contributed by atoms with van der Waals surface area (Å²) < 4.78 is 8.69. The Morgan fingerprint density at radius 3 is 2.73 bits per heavy atom. The molecule has 0 spiro atoms. The van der Waals surface area contributed by atoms with Gasteiger partial charge in [0.2, 0.25) is 3.79 Å². The molecule has 1 aromatic heterocycles. The fourth-order valence-corrected chi connectivity index (χ4v) is 1.93. The number of para-hydroxylation sites is 1. The molecule has 0 radical (unpaired) electrons. The van der Waals surface area contributed by atoms with Crippen molar-refractivity contribution < 1.29 is 14.3 Å². The lowest BCUT2D eigenvalue weighted by atomic mass is 10.2. The van der Waals surface area contributed by atoms with Crippen LogP contribution in [0.25, 0.3) is 10.9 Å². The second-order valence-electron chi connectivity index (χ2n) is 4.27. The van der Waals surface area contributed by atoms with E-state index < -0.39 is 9.89 Å². The highest BCUT2D eigenvalue weighted by Crippen LogP contribution is 2.28. The van der Waals surface area contributed by atoms with E-state index in [9.17, 15) is 4.79 Å². The van der Waals surface area contributed by atoms with Gasteiger partial charge in [-0.25, -0.2) is 9.78 Å². The summed E-state index contributed by atoms with van der Waals surface area (Å²) in [6.07, 6.45) is -0.767. The molecule has 1 N–H and O–H groups in total. The van der Waals surface area contributed by atoms with Gasteiger partial charge in [-0.05, 0) is 19.1 Å². The minimum absolute atomic E-state index is 0.288. The second kappa shape index (κ2) is 7.22. The van der Waals surface area contributed by atoms with Gasteiger partial charge in [0.15, 0.2) is 0 Å². The van der Waals surface area contributed by atoms with Gasteiger partial charge < -0.3 is 9.47 Å². The van der Waals surface area contributed by atoms with E-state index in [0.717, 1.165) is 5.39 Å². The topological polar surface area (TPSA) is 60.5 Å². The number of anilines is 1. The Morgan fingerprint density at radius 2 is 2.05 bits per heavy atom. The Hall–Kier alpha value is -1.43. The number of nitrogens with zero attached hydrogens (tertiary/aromatic N) is 1. The number of carbonyl (C=O) groups is 1. The maximum Gasteiger partial charge on any atom is 0.412 e.